The second-order valence-corrected chi connectivity index (χ2v) is 16.4. The molecule has 25 nitrogen and oxygen atoms in total. The summed E-state index contributed by atoms with van der Waals surface area (Å²) >= 11 is 0. The monoisotopic (exact) mass is 922 g/mol. The normalized spacial score (nSPS) is 19.5. The van der Waals surface area contributed by atoms with Gasteiger partial charge in [0.15, 0.2) is 0 Å². The average molecular weight is 923 g/mol. The minimum atomic E-state index is -4.09. The number of sulfonamides is 1. The Morgan fingerprint density at radius 3 is 1.17 bits per heavy atom. The largest absolute Gasteiger partial charge is 0.435 e. The Labute approximate surface area is 368 Å². The molecule has 0 saturated carbocycles. The first-order valence-electron chi connectivity index (χ1n) is 20.0. The molecule has 0 N–H and O–H groups in total. The maximum Gasteiger partial charge on any atom is 0.435 e. The van der Waals surface area contributed by atoms with E-state index in [1.165, 1.54) is 49.9 Å². The van der Waals surface area contributed by atoms with Crippen molar-refractivity contribution in [3.05, 3.63) is 77.4 Å². The minimum Gasteiger partial charge on any atom is -0.311 e. The summed E-state index contributed by atoms with van der Waals surface area (Å²) in [5.41, 5.74) is 0.539. The highest BCUT2D eigenvalue weighted by molar-refractivity contribution is 7.90. The van der Waals surface area contributed by atoms with Gasteiger partial charge in [-0.3, -0.25) is 33.6 Å². The molecular weight excluding hydrogens is 885 g/mol. The van der Waals surface area contributed by atoms with E-state index in [1.807, 2.05) is 0 Å². The number of imide groups is 3. The molecule has 0 atom stereocenters. The first-order chi connectivity index (χ1) is 31.1. The summed E-state index contributed by atoms with van der Waals surface area (Å²) in [5.74, 6) is -4.15. The molecule has 5 saturated heterocycles. The van der Waals surface area contributed by atoms with Gasteiger partial charge in [0, 0.05) is 77.4 Å². The van der Waals surface area contributed by atoms with Crippen LogP contribution in [-0.2, 0) is 48.6 Å². The van der Waals surface area contributed by atoms with Crippen molar-refractivity contribution in [1.82, 2.24) is 39.3 Å². The lowest BCUT2D eigenvalue weighted by molar-refractivity contribution is -0.174. The summed E-state index contributed by atoms with van der Waals surface area (Å²) in [4.78, 5) is 150. The average Bonchev–Trinajstić information content (AvgIpc) is 3.83. The van der Waals surface area contributed by atoms with Gasteiger partial charge in [0.1, 0.15) is 4.90 Å². The second kappa shape index (κ2) is 18.8. The van der Waals surface area contributed by atoms with Gasteiger partial charge < -0.3 is 38.9 Å². The topological polar surface area (TPSA) is 285 Å². The van der Waals surface area contributed by atoms with Crippen LogP contribution < -0.4 is 0 Å². The van der Waals surface area contributed by atoms with E-state index >= 15 is 0 Å². The van der Waals surface area contributed by atoms with Crippen molar-refractivity contribution in [2.75, 3.05) is 52.4 Å². The van der Waals surface area contributed by atoms with Crippen molar-refractivity contribution in [2.24, 2.45) is 0 Å². The summed E-state index contributed by atoms with van der Waals surface area (Å²) < 4.78 is 24.3. The molecule has 11 amide bonds. The number of nitrogens with zero attached hydrogens (tertiary/aromatic N) is 8. The van der Waals surface area contributed by atoms with Gasteiger partial charge in [-0.1, -0.05) is 34.4 Å². The van der Waals surface area contributed by atoms with E-state index in [9.17, 15) is 61.2 Å². The van der Waals surface area contributed by atoms with Gasteiger partial charge in [0.05, 0.1) is 16.7 Å². The number of carbonyl (C=O) groups excluding carboxylic acids is 11. The summed E-state index contributed by atoms with van der Waals surface area (Å²) in [7, 11) is -4.09. The third-order valence-electron chi connectivity index (χ3n) is 10.4. The molecule has 10 rings (SSSR count). The van der Waals surface area contributed by atoms with Crippen LogP contribution in [0.1, 0.15) is 69.6 Å². The Kier molecular flexibility index (Phi) is 13.1. The van der Waals surface area contributed by atoms with Gasteiger partial charge in [0.25, 0.3) is 45.5 Å². The smallest absolute Gasteiger partial charge is 0.311 e. The van der Waals surface area contributed by atoms with E-state index in [0.29, 0.717) is 67.5 Å². The van der Waals surface area contributed by atoms with E-state index in [0.717, 1.165) is 37.8 Å². The molecule has 65 heavy (non-hydrogen) atoms. The lowest BCUT2D eigenvalue weighted by Gasteiger charge is -2.30. The number of hydrogen-bond acceptors (Lipinski definition) is 17. The lowest BCUT2D eigenvalue weighted by Crippen LogP contribution is -2.46. The van der Waals surface area contributed by atoms with Crippen LogP contribution in [0.5, 0.6) is 0 Å². The number of fused-ring (bicyclic) bond motifs is 2. The van der Waals surface area contributed by atoms with Crippen molar-refractivity contribution in [3.63, 3.8) is 0 Å². The number of hydrogen-bond donors (Lipinski definition) is 0. The lowest BCUT2D eigenvalue weighted by atomic mass is 10.1. The van der Waals surface area contributed by atoms with Gasteiger partial charge >= 0.3 is 30.3 Å². The maximum atomic E-state index is 12.1. The molecule has 0 spiro atoms. The molecule has 0 radical (unpaired) electrons. The standard InChI is InChI=1S/C12H10N2O4.C11H10N2O5S.C8H10N2O4.C8H8N2O4/c15-10-8-4-1-2-5-9(8)11(16)14(10)18-12(17)13-6-3-7-13;14-10-8-4-1-2-5-9(8)19(16,17)13(10)18-11(15)12-6-3-7-12;2*11-6-2-3-7(12)10(6)14-8(13)9-4-1-5-9/h1-2,4-5H,3,6-7H2;1-2,4-5H,3,6-7H2;1-5H2;2-3H,1,4-5H2. The van der Waals surface area contributed by atoms with Gasteiger partial charge in [-0.15, -0.1) is 5.06 Å². The van der Waals surface area contributed by atoms with Crippen molar-refractivity contribution in [2.45, 2.75) is 43.4 Å². The first kappa shape index (κ1) is 45.1. The van der Waals surface area contributed by atoms with Crippen LogP contribution in [0.3, 0.4) is 0 Å². The highest BCUT2D eigenvalue weighted by atomic mass is 32.2. The molecular formula is C39H38N8O17S. The highest BCUT2D eigenvalue weighted by Crippen LogP contribution is 2.31. The molecule has 2 aromatic rings. The second-order valence-electron chi connectivity index (χ2n) is 14.7. The minimum absolute atomic E-state index is 0.0129. The molecule has 8 aliphatic heterocycles. The molecule has 8 heterocycles. The third-order valence-corrected chi connectivity index (χ3v) is 12.0. The Morgan fingerprint density at radius 2 is 0.785 bits per heavy atom. The zero-order valence-corrected chi connectivity index (χ0v) is 34.9. The van der Waals surface area contributed by atoms with E-state index in [-0.39, 0.29) is 38.9 Å². The molecule has 2 aromatic carbocycles. The van der Waals surface area contributed by atoms with Crippen molar-refractivity contribution in [1.29, 1.82) is 0 Å². The third kappa shape index (κ3) is 9.41. The van der Waals surface area contributed by atoms with Crippen molar-refractivity contribution in [3.8, 4) is 0 Å². The maximum absolute atomic E-state index is 12.1. The van der Waals surface area contributed by atoms with E-state index in [4.69, 9.17) is 9.68 Å². The Hall–Kier alpha value is -7.90. The molecule has 0 bridgehead atoms. The zero-order valence-electron chi connectivity index (χ0n) is 34.1. The molecule has 0 unspecified atom stereocenters. The van der Waals surface area contributed by atoms with Crippen LogP contribution in [0, 0.1) is 0 Å². The van der Waals surface area contributed by atoms with E-state index < -0.39 is 75.7 Å². The molecule has 0 aromatic heterocycles. The Bertz CT molecular complexity index is 2420. The molecule has 342 valence electrons. The quantitative estimate of drug-likeness (QED) is 0.389. The van der Waals surface area contributed by atoms with Crippen LogP contribution in [0.2, 0.25) is 0 Å². The molecule has 26 heteroatoms. The van der Waals surface area contributed by atoms with Crippen molar-refractivity contribution >= 4 is 75.7 Å². The number of likely N-dealkylation sites (tertiary alicyclic amines) is 4. The van der Waals surface area contributed by atoms with E-state index in [1.54, 1.807) is 18.2 Å². The predicted octanol–water partition coefficient (Wildman–Crippen LogP) is 1.19. The van der Waals surface area contributed by atoms with Gasteiger partial charge in [-0.25, -0.2) is 19.2 Å². The fourth-order valence-electron chi connectivity index (χ4n) is 6.17. The van der Waals surface area contributed by atoms with Crippen LogP contribution in [0.15, 0.2) is 65.6 Å². The molecule has 5 fully saturated rings. The highest BCUT2D eigenvalue weighted by Gasteiger charge is 2.45. The first-order valence-corrected chi connectivity index (χ1v) is 21.5. The van der Waals surface area contributed by atoms with Crippen LogP contribution >= 0.6 is 0 Å². The SMILES string of the molecule is O=C(ON1C(=O)C=CC1=O)N1CCC1.O=C(ON1C(=O)CCC1=O)N1CCC1.O=C(ON1C(=O)c2ccccc2C1=O)N1CCC1.O=C(ON1C(=O)c2ccccc2S1(=O)=O)N1CCC1. The summed E-state index contributed by atoms with van der Waals surface area (Å²) in [6, 6.07) is 12.1. The van der Waals surface area contributed by atoms with Crippen LogP contribution in [-0.4, -0.2) is 166 Å². The molecule has 0 aliphatic carbocycles. The number of rotatable bonds is 4. The van der Waals surface area contributed by atoms with Gasteiger partial charge in [-0.2, -0.15) is 8.42 Å². The van der Waals surface area contributed by atoms with E-state index in [2.05, 4.69) is 9.68 Å². The summed E-state index contributed by atoms with van der Waals surface area (Å²) in [5, 5.41) is 1.56. The fourth-order valence-corrected chi connectivity index (χ4v) is 7.51. The molecule has 8 aliphatic rings. The summed E-state index contributed by atoms with van der Waals surface area (Å²) in [6.07, 6.45) is 3.27. The van der Waals surface area contributed by atoms with Crippen LogP contribution in [0.4, 0.5) is 19.2 Å². The number of amides is 11. The zero-order chi connectivity index (χ0) is 46.6. The summed E-state index contributed by atoms with van der Waals surface area (Å²) in [6.45, 7) is 4.71. The predicted molar refractivity (Wildman–Crippen MR) is 210 cm³/mol. The number of benzene rings is 2. The number of carbonyl (C=O) groups is 11. The Morgan fingerprint density at radius 1 is 0.431 bits per heavy atom. The van der Waals surface area contributed by atoms with Crippen molar-refractivity contribution < 1.29 is 80.5 Å². The van der Waals surface area contributed by atoms with Gasteiger partial charge in [-0.05, 0) is 54.4 Å². The fraction of sp³-hybridized carbons (Fsp3) is 0.359. The Balaban J connectivity index is 0.000000130. The number of hydroxylamine groups is 7. The van der Waals surface area contributed by atoms with Gasteiger partial charge in [0.2, 0.25) is 0 Å². The van der Waals surface area contributed by atoms with Crippen LogP contribution in [0.25, 0.3) is 0 Å².